The number of carbonyl (C=O) groups is 2. The largest absolute Gasteiger partial charge is 0.475 e. The maximum atomic E-state index is 13.8. The molecule has 0 aliphatic carbocycles. The highest BCUT2D eigenvalue weighted by molar-refractivity contribution is 7.48. The van der Waals surface area contributed by atoms with Crippen LogP contribution in [0.25, 0.3) is 0 Å². The number of ether oxygens (including phenoxy) is 3. The summed E-state index contributed by atoms with van der Waals surface area (Å²) in [5.41, 5.74) is -3.18. The second-order valence-corrected chi connectivity index (χ2v) is 12.4. The molecule has 1 unspecified atom stereocenters. The summed E-state index contributed by atoms with van der Waals surface area (Å²) in [6.45, 7) is 2.79. The number of nitrogens with one attached hydrogen (secondary N) is 3. The Labute approximate surface area is 270 Å². The van der Waals surface area contributed by atoms with Crippen molar-refractivity contribution in [1.82, 2.24) is 19.5 Å². The van der Waals surface area contributed by atoms with E-state index in [1.54, 1.807) is 36.4 Å². The summed E-state index contributed by atoms with van der Waals surface area (Å²) in [7, 11) is -4.35. The number of aromatic amines is 3. The van der Waals surface area contributed by atoms with E-state index in [1.807, 2.05) is 0 Å². The van der Waals surface area contributed by atoms with E-state index >= 15 is 0 Å². The van der Waals surface area contributed by atoms with Crippen LogP contribution in [0.5, 0.6) is 0 Å². The molecule has 2 saturated heterocycles. The molecule has 6 atom stereocenters. The van der Waals surface area contributed by atoms with Crippen LogP contribution in [0.3, 0.4) is 0 Å². The first-order valence-corrected chi connectivity index (χ1v) is 15.9. The molecule has 6 rings (SSSR count). The first kappa shape index (κ1) is 32.4. The summed E-state index contributed by atoms with van der Waals surface area (Å²) in [6.07, 6.45) is -1.20. The average molecular weight is 688 g/mol. The Morgan fingerprint density at radius 1 is 1.06 bits per heavy atom. The number of benzene rings is 1. The van der Waals surface area contributed by atoms with Gasteiger partial charge in [0, 0.05) is 36.1 Å². The smallest absolute Gasteiger partial charge is 0.449 e. The molecule has 47 heavy (non-hydrogen) atoms. The fourth-order valence-corrected chi connectivity index (χ4v) is 6.73. The zero-order valence-electron chi connectivity index (χ0n) is 24.3. The predicted octanol–water partition coefficient (Wildman–Crippen LogP) is 3.53. The van der Waals surface area contributed by atoms with Crippen LogP contribution < -0.4 is 11.2 Å². The van der Waals surface area contributed by atoms with Gasteiger partial charge in [0.05, 0.1) is 12.7 Å². The Hall–Kier alpha value is -4.57. The van der Waals surface area contributed by atoms with Gasteiger partial charge in [0.25, 0.3) is 5.56 Å². The Balaban J connectivity index is 1.37. The quantitative estimate of drug-likeness (QED) is 0.125. The Kier molecular flexibility index (Phi) is 9.14. The minimum atomic E-state index is -4.35. The lowest BCUT2D eigenvalue weighted by atomic mass is 10.0. The van der Waals surface area contributed by atoms with Crippen molar-refractivity contribution in [3.8, 4) is 0 Å². The van der Waals surface area contributed by atoms with Gasteiger partial charge in [-0.3, -0.25) is 32.9 Å². The zero-order chi connectivity index (χ0) is 33.2. The van der Waals surface area contributed by atoms with Crippen molar-refractivity contribution in [1.29, 1.82) is 0 Å². The van der Waals surface area contributed by atoms with Gasteiger partial charge in [-0.1, -0.05) is 23.7 Å². The van der Waals surface area contributed by atoms with Crippen molar-refractivity contribution in [3.63, 3.8) is 0 Å². The average Bonchev–Trinajstić information content (AvgIpc) is 3.83. The van der Waals surface area contributed by atoms with E-state index in [1.165, 1.54) is 24.5 Å². The first-order chi connectivity index (χ1) is 22.6. The third kappa shape index (κ3) is 6.79. The van der Waals surface area contributed by atoms with E-state index in [2.05, 4.69) is 26.7 Å². The van der Waals surface area contributed by atoms with Gasteiger partial charge in [0.1, 0.15) is 18.0 Å². The monoisotopic (exact) mass is 687 g/mol. The van der Waals surface area contributed by atoms with Gasteiger partial charge in [-0.2, -0.15) is 0 Å². The fourth-order valence-electron chi connectivity index (χ4n) is 5.13. The topological polar surface area (TPSA) is 205 Å². The minimum Gasteiger partial charge on any atom is -0.449 e. The SMILES string of the molecule is C=N[C@]1(COP2(=O)OCC[C@@H](c3cccc(Cl)c3)O2)O[C@@H](n2ccc(=O)[nH]c2=O)[C@H](OC(=O)c2ccc[nH]2)[C@@H]1OC(=O)c1ccc[nH]1. The lowest BCUT2D eigenvalue weighted by molar-refractivity contribution is -0.127. The van der Waals surface area contributed by atoms with E-state index in [0.717, 1.165) is 16.8 Å². The summed E-state index contributed by atoms with van der Waals surface area (Å²) in [5, 5.41) is 0.442. The molecule has 0 bridgehead atoms. The molecule has 2 aliphatic rings. The molecular weight excluding hydrogens is 661 g/mol. The maximum absolute atomic E-state index is 13.8. The third-order valence-corrected chi connectivity index (χ3v) is 9.08. The highest BCUT2D eigenvalue weighted by atomic mass is 35.5. The molecule has 0 saturated carbocycles. The van der Waals surface area contributed by atoms with Crippen molar-refractivity contribution in [2.45, 2.75) is 36.7 Å². The number of rotatable bonds is 10. The highest BCUT2D eigenvalue weighted by Gasteiger charge is 2.62. The molecular formula is C29H27ClN5O11P. The van der Waals surface area contributed by atoms with Gasteiger partial charge in [-0.25, -0.2) is 18.9 Å². The van der Waals surface area contributed by atoms with Crippen LogP contribution in [0.2, 0.25) is 5.02 Å². The molecule has 5 heterocycles. The molecule has 0 radical (unpaired) electrons. The van der Waals surface area contributed by atoms with E-state index in [4.69, 9.17) is 39.4 Å². The number of aliphatic imine (C=N–C) groups is 1. The Bertz CT molecular complexity index is 1930. The number of H-pyrrole nitrogens is 3. The number of esters is 2. The van der Waals surface area contributed by atoms with Crippen molar-refractivity contribution in [3.05, 3.63) is 116 Å². The van der Waals surface area contributed by atoms with Crippen LogP contribution in [0.1, 0.15) is 45.3 Å². The standard InChI is InChI=1S/C29H27ClN5O11P/c1-31-29(16-42-47(40)41-14-10-21(46-47)17-5-2-6-18(30)15-17)24(44-27(38)20-8-4-12-33-20)23(43-26(37)19-7-3-11-32-19)25(45-29)35-13-9-22(36)34-28(35)39/h2-9,11-13,15,21,23-25,32-33H,1,10,14,16H2,(H,34,36,39)/t21-,23+,24-,25+,29+,47?/m0/s1. The van der Waals surface area contributed by atoms with Gasteiger partial charge in [0.2, 0.25) is 5.72 Å². The normalized spacial score (nSPS) is 27.3. The third-order valence-electron chi connectivity index (χ3n) is 7.39. The van der Waals surface area contributed by atoms with Crippen molar-refractivity contribution >= 4 is 38.1 Å². The molecule has 1 aromatic carbocycles. The highest BCUT2D eigenvalue weighted by Crippen LogP contribution is 2.58. The van der Waals surface area contributed by atoms with Gasteiger partial charge in [-0.15, -0.1) is 0 Å². The number of carbonyl (C=O) groups excluding carboxylic acids is 2. The first-order valence-electron chi connectivity index (χ1n) is 14.1. The predicted molar refractivity (Wildman–Crippen MR) is 163 cm³/mol. The van der Waals surface area contributed by atoms with Crippen molar-refractivity contribution in [2.75, 3.05) is 13.2 Å². The number of hydrogen-bond acceptors (Lipinski definition) is 12. The summed E-state index contributed by atoms with van der Waals surface area (Å²) in [4.78, 5) is 62.9. The molecule has 3 aromatic heterocycles. The van der Waals surface area contributed by atoms with Crippen molar-refractivity contribution in [2.24, 2.45) is 4.99 Å². The minimum absolute atomic E-state index is 0.0130. The molecule has 4 aromatic rings. The van der Waals surface area contributed by atoms with Crippen LogP contribution in [-0.2, 0) is 32.3 Å². The summed E-state index contributed by atoms with van der Waals surface area (Å²) >= 11 is 6.13. The van der Waals surface area contributed by atoms with Crippen molar-refractivity contribution < 1.29 is 41.9 Å². The fraction of sp³-hybridized carbons (Fsp3) is 0.276. The summed E-state index contributed by atoms with van der Waals surface area (Å²) < 4.78 is 49.4. The number of halogens is 1. The van der Waals surface area contributed by atoms with Crippen LogP contribution in [0, 0.1) is 0 Å². The molecule has 2 fully saturated rings. The van der Waals surface area contributed by atoms with Gasteiger partial charge < -0.3 is 24.2 Å². The molecule has 246 valence electrons. The van der Waals surface area contributed by atoms with Gasteiger partial charge in [-0.05, 0) is 48.7 Å². The number of hydrogen-bond donors (Lipinski definition) is 3. The number of aromatic nitrogens is 4. The lowest BCUT2D eigenvalue weighted by Gasteiger charge is -2.33. The Morgan fingerprint density at radius 3 is 2.43 bits per heavy atom. The molecule has 0 amide bonds. The molecule has 16 nitrogen and oxygen atoms in total. The van der Waals surface area contributed by atoms with Crippen LogP contribution in [0.4, 0.5) is 0 Å². The van der Waals surface area contributed by atoms with Crippen LogP contribution in [-0.4, -0.2) is 69.3 Å². The number of nitrogens with zero attached hydrogens (tertiary/aromatic N) is 2. The van der Waals surface area contributed by atoms with E-state index in [-0.39, 0.29) is 18.0 Å². The molecule has 3 N–H and O–H groups in total. The summed E-state index contributed by atoms with van der Waals surface area (Å²) in [5.74, 6) is -1.84. The Morgan fingerprint density at radius 2 is 1.79 bits per heavy atom. The zero-order valence-corrected chi connectivity index (χ0v) is 25.9. The van der Waals surface area contributed by atoms with Gasteiger partial charge >= 0.3 is 25.5 Å². The second-order valence-electron chi connectivity index (χ2n) is 10.4. The molecule has 18 heteroatoms. The van der Waals surface area contributed by atoms with E-state index in [9.17, 15) is 23.7 Å². The van der Waals surface area contributed by atoms with E-state index in [0.29, 0.717) is 17.0 Å². The second kappa shape index (κ2) is 13.3. The summed E-state index contributed by atoms with van der Waals surface area (Å²) in [6, 6.07) is 13.8. The number of phosphoric ester groups is 1. The van der Waals surface area contributed by atoms with Gasteiger partial charge in [0.15, 0.2) is 18.4 Å². The van der Waals surface area contributed by atoms with Crippen LogP contribution >= 0.6 is 19.4 Å². The lowest BCUT2D eigenvalue weighted by Crippen LogP contribution is -2.49. The van der Waals surface area contributed by atoms with Crippen LogP contribution in [0.15, 0.2) is 87.8 Å². The van der Waals surface area contributed by atoms with E-state index < -0.39 is 67.9 Å². The maximum Gasteiger partial charge on any atom is 0.475 e. The molecule has 0 spiro atoms. The number of phosphoric acid groups is 1. The molecule has 2 aliphatic heterocycles.